The predicted octanol–water partition coefficient (Wildman–Crippen LogP) is 0.0286. The molecule has 0 saturated heterocycles. The van der Waals surface area contributed by atoms with Crippen molar-refractivity contribution in [1.29, 1.82) is 0 Å². The minimum atomic E-state index is 1.50. The molecule has 0 rings (SSSR count). The van der Waals surface area contributed by atoms with Crippen LogP contribution in [-0.2, 0) is 0 Å². The average molecular weight is 70.1 g/mol. The molecule has 2 N–H and O–H groups in total. The van der Waals surface area contributed by atoms with Crippen LogP contribution in [0, 0.1) is 19.3 Å². The first-order valence-corrected chi connectivity index (χ1v) is 1.22. The van der Waals surface area contributed by atoms with Gasteiger partial charge in [0.15, 0.2) is 0 Å². The van der Waals surface area contributed by atoms with Gasteiger partial charge in [-0.1, -0.05) is 0 Å². The Morgan fingerprint density at radius 1 is 1.80 bits per heavy atom. The summed E-state index contributed by atoms with van der Waals surface area (Å²) in [4.78, 5) is 0. The third-order valence-corrected chi connectivity index (χ3v) is 0. The molecular formula is C4H8N-. The van der Waals surface area contributed by atoms with Gasteiger partial charge in [0, 0.05) is 0 Å². The van der Waals surface area contributed by atoms with Crippen LogP contribution in [0.1, 0.15) is 0 Å². The Labute approximate surface area is 33.2 Å². The third-order valence-electron chi connectivity index (χ3n) is 0. The zero-order chi connectivity index (χ0) is 4.71. The van der Waals surface area contributed by atoms with Crippen molar-refractivity contribution in [3.63, 3.8) is 0 Å². The Bertz CT molecular complexity index is 25.1. The largest absolute Gasteiger partial charge is 0.345 e. The van der Waals surface area contributed by atoms with Crippen molar-refractivity contribution in [2.75, 3.05) is 7.05 Å². The van der Waals surface area contributed by atoms with Gasteiger partial charge < -0.3 is 18.1 Å². The minimum absolute atomic E-state index is 1.50. The van der Waals surface area contributed by atoms with Crippen LogP contribution in [0.15, 0.2) is 0 Å². The van der Waals surface area contributed by atoms with Crippen LogP contribution < -0.4 is 5.73 Å². The van der Waals surface area contributed by atoms with E-state index in [2.05, 4.69) is 19.1 Å². The second-order valence-electron chi connectivity index (χ2n) is 0.204. The van der Waals surface area contributed by atoms with Crippen LogP contribution in [0.2, 0.25) is 0 Å². The molecule has 0 aromatic carbocycles. The summed E-state index contributed by atoms with van der Waals surface area (Å²) in [5.41, 5.74) is 4.50. The van der Waals surface area contributed by atoms with E-state index in [-0.39, 0.29) is 0 Å². The summed E-state index contributed by atoms with van der Waals surface area (Å²) in [7, 11) is 1.50. The van der Waals surface area contributed by atoms with Crippen molar-refractivity contribution in [3.8, 4) is 12.3 Å². The highest BCUT2D eigenvalue weighted by atomic mass is 14.4. The van der Waals surface area contributed by atoms with Gasteiger partial charge in [-0.3, -0.25) is 0 Å². The molecule has 0 unspecified atom stereocenters. The second-order valence-corrected chi connectivity index (χ2v) is 0.204. The maximum absolute atomic E-state index is 4.50. The molecular weight excluding hydrogens is 62.1 g/mol. The summed E-state index contributed by atoms with van der Waals surface area (Å²) in [6.07, 6.45) is 4.49. The zero-order valence-corrected chi connectivity index (χ0v) is 3.36. The summed E-state index contributed by atoms with van der Waals surface area (Å²) in [5.74, 6) is 2.00. The standard InChI is InChI=1S/C3H3.CH5N/c1-3-2;1-2/h1H,2H2;2H2,1H3/q-1;. The van der Waals surface area contributed by atoms with E-state index in [1.165, 1.54) is 7.05 Å². The average Bonchev–Trinajstić information content (AvgIpc) is 1.46. The summed E-state index contributed by atoms with van der Waals surface area (Å²) in [6.45, 7) is 3.01. The molecule has 0 aromatic heterocycles. The quantitative estimate of drug-likeness (QED) is 0.316. The molecule has 0 aromatic rings. The molecule has 30 valence electrons. The summed E-state index contributed by atoms with van der Waals surface area (Å²) in [5, 5.41) is 0. The van der Waals surface area contributed by atoms with Gasteiger partial charge >= 0.3 is 0 Å². The van der Waals surface area contributed by atoms with Crippen molar-refractivity contribution in [2.24, 2.45) is 5.73 Å². The lowest BCUT2D eigenvalue weighted by atomic mass is 10.9. The molecule has 0 amide bonds. The van der Waals surface area contributed by atoms with Gasteiger partial charge in [-0.15, -0.1) is 0 Å². The summed E-state index contributed by atoms with van der Waals surface area (Å²) >= 11 is 0. The van der Waals surface area contributed by atoms with Gasteiger partial charge in [0.1, 0.15) is 0 Å². The van der Waals surface area contributed by atoms with E-state index in [0.29, 0.717) is 0 Å². The van der Waals surface area contributed by atoms with E-state index in [1.807, 2.05) is 5.92 Å². The van der Waals surface area contributed by atoms with Crippen molar-refractivity contribution >= 4 is 0 Å². The fourth-order valence-corrected chi connectivity index (χ4v) is 0. The van der Waals surface area contributed by atoms with Crippen LogP contribution in [-0.4, -0.2) is 7.05 Å². The summed E-state index contributed by atoms with van der Waals surface area (Å²) < 4.78 is 0. The highest BCUT2D eigenvalue weighted by molar-refractivity contribution is 4.85. The van der Waals surface area contributed by atoms with Gasteiger partial charge in [0.05, 0.1) is 0 Å². The van der Waals surface area contributed by atoms with Crippen molar-refractivity contribution in [3.05, 3.63) is 6.92 Å². The molecule has 0 aliphatic carbocycles. The van der Waals surface area contributed by atoms with Crippen molar-refractivity contribution < 1.29 is 0 Å². The second kappa shape index (κ2) is 127. The normalized spacial score (nSPS) is 2.60. The molecule has 0 bridgehead atoms. The minimum Gasteiger partial charge on any atom is -0.345 e. The fraction of sp³-hybridized carbons (Fsp3) is 0.250. The predicted molar refractivity (Wildman–Crippen MR) is 24.3 cm³/mol. The van der Waals surface area contributed by atoms with Gasteiger partial charge in [-0.05, 0) is 7.05 Å². The molecule has 0 aliphatic rings. The van der Waals surface area contributed by atoms with Crippen molar-refractivity contribution in [1.82, 2.24) is 0 Å². The molecule has 1 heteroatoms. The van der Waals surface area contributed by atoms with Crippen LogP contribution >= 0.6 is 0 Å². The molecule has 0 atom stereocenters. The van der Waals surface area contributed by atoms with Crippen LogP contribution in [0.25, 0.3) is 0 Å². The summed E-state index contributed by atoms with van der Waals surface area (Å²) in [6, 6.07) is 0. The van der Waals surface area contributed by atoms with Gasteiger partial charge in [-0.25, -0.2) is 0 Å². The monoisotopic (exact) mass is 70.1 g/mol. The van der Waals surface area contributed by atoms with E-state index < -0.39 is 0 Å². The first-order valence-electron chi connectivity index (χ1n) is 1.22. The molecule has 5 heavy (non-hydrogen) atoms. The SMILES string of the molecule is C#C[CH2-].CN. The van der Waals surface area contributed by atoms with E-state index in [1.54, 1.807) is 0 Å². The number of hydrogen-bond acceptors (Lipinski definition) is 1. The highest BCUT2D eigenvalue weighted by Gasteiger charge is 0.889. The lowest BCUT2D eigenvalue weighted by Gasteiger charge is -1.42. The topological polar surface area (TPSA) is 26.0 Å². The Kier molecular flexibility index (Phi) is 225. The van der Waals surface area contributed by atoms with Crippen LogP contribution in [0.4, 0.5) is 0 Å². The smallest absolute Gasteiger partial charge is 0.0195 e. The van der Waals surface area contributed by atoms with E-state index in [9.17, 15) is 0 Å². The van der Waals surface area contributed by atoms with E-state index >= 15 is 0 Å². The van der Waals surface area contributed by atoms with Gasteiger partial charge in [0.2, 0.25) is 0 Å². The zero-order valence-electron chi connectivity index (χ0n) is 3.36. The molecule has 0 aliphatic heterocycles. The number of hydrogen-bond donors (Lipinski definition) is 1. The molecule has 0 heterocycles. The Hall–Kier alpha value is -0.610. The first-order chi connectivity index (χ1) is 2.41. The molecule has 0 saturated carbocycles. The number of nitrogens with two attached hydrogens (primary N) is 1. The number of rotatable bonds is 0. The molecule has 0 spiro atoms. The fourth-order valence-electron chi connectivity index (χ4n) is 0. The molecule has 1 nitrogen and oxygen atoms in total. The highest BCUT2D eigenvalue weighted by Crippen LogP contribution is 1.19. The third kappa shape index (κ3) is 17.6. The lowest BCUT2D eigenvalue weighted by molar-refractivity contribution is 1.48. The lowest BCUT2D eigenvalue weighted by Crippen LogP contribution is -1.69. The Morgan fingerprint density at radius 3 is 1.80 bits per heavy atom. The Balaban J connectivity index is 0. The van der Waals surface area contributed by atoms with Crippen LogP contribution in [0.5, 0.6) is 0 Å². The maximum Gasteiger partial charge on any atom is -0.0195 e. The number of terminal acetylenes is 1. The first kappa shape index (κ1) is 8.83. The van der Waals surface area contributed by atoms with Crippen molar-refractivity contribution in [2.45, 2.75) is 0 Å². The van der Waals surface area contributed by atoms with Crippen LogP contribution in [0.3, 0.4) is 0 Å². The Morgan fingerprint density at radius 2 is 1.80 bits per heavy atom. The maximum atomic E-state index is 4.50. The molecule has 0 radical (unpaired) electrons. The van der Waals surface area contributed by atoms with Gasteiger partial charge in [0.25, 0.3) is 0 Å². The van der Waals surface area contributed by atoms with E-state index in [0.717, 1.165) is 0 Å². The van der Waals surface area contributed by atoms with Gasteiger partial charge in [-0.2, -0.15) is 6.92 Å². The molecule has 0 fully saturated rings. The van der Waals surface area contributed by atoms with E-state index in [4.69, 9.17) is 0 Å².